The highest BCUT2D eigenvalue weighted by molar-refractivity contribution is 8.16. The van der Waals surface area contributed by atoms with E-state index >= 15 is 0 Å². The van der Waals surface area contributed by atoms with Gasteiger partial charge >= 0.3 is 6.09 Å². The summed E-state index contributed by atoms with van der Waals surface area (Å²) in [6, 6.07) is 0. The number of nitrogens with zero attached hydrogens (tertiary/aromatic N) is 1. The Balaban J connectivity index is 4.37. The normalized spacial score (nSPS) is 12.1. The van der Waals surface area contributed by atoms with Gasteiger partial charge in [-0.1, -0.05) is 44.3 Å². The number of rotatable bonds is 3. The lowest BCUT2D eigenvalue weighted by Crippen LogP contribution is -2.18. The number of hydrogen-bond acceptors (Lipinski definition) is 4. The van der Waals surface area contributed by atoms with Gasteiger partial charge in [-0.3, -0.25) is 4.84 Å². The topological polar surface area (TPSA) is 50.7 Å². The largest absolute Gasteiger partial charge is 0.433 e. The molecule has 0 rings (SSSR count). The van der Waals surface area contributed by atoms with Gasteiger partial charge < -0.3 is 5.32 Å². The Bertz CT molecular complexity index is 257. The van der Waals surface area contributed by atoms with E-state index in [1.165, 1.54) is 18.8 Å². The van der Waals surface area contributed by atoms with Gasteiger partial charge in [0, 0.05) is 13.5 Å². The average molecular weight is 230 g/mol. The van der Waals surface area contributed by atoms with Gasteiger partial charge in [-0.2, -0.15) is 0 Å². The van der Waals surface area contributed by atoms with E-state index in [4.69, 9.17) is 0 Å². The number of thioether (sulfide) groups is 1. The van der Waals surface area contributed by atoms with Crippen LogP contribution in [-0.4, -0.2) is 18.2 Å². The summed E-state index contributed by atoms with van der Waals surface area (Å²) < 4.78 is 0. The highest BCUT2D eigenvalue weighted by atomic mass is 32.2. The Kier molecular flexibility index (Phi) is 6.08. The van der Waals surface area contributed by atoms with Crippen molar-refractivity contribution in [2.75, 3.05) is 7.05 Å². The van der Waals surface area contributed by atoms with Crippen molar-refractivity contribution >= 4 is 22.9 Å². The van der Waals surface area contributed by atoms with E-state index < -0.39 is 6.09 Å². The molecule has 0 atom stereocenters. The van der Waals surface area contributed by atoms with Crippen molar-refractivity contribution in [1.29, 1.82) is 0 Å². The van der Waals surface area contributed by atoms with Crippen molar-refractivity contribution in [2.24, 2.45) is 10.6 Å². The van der Waals surface area contributed by atoms with Crippen LogP contribution < -0.4 is 5.32 Å². The monoisotopic (exact) mass is 230 g/mol. The minimum absolute atomic E-state index is 0.0981. The Morgan fingerprint density at radius 1 is 1.60 bits per heavy atom. The molecule has 86 valence electrons. The van der Waals surface area contributed by atoms with Gasteiger partial charge in [-0.25, -0.2) is 4.79 Å². The van der Waals surface area contributed by atoms with Gasteiger partial charge in [0.2, 0.25) is 0 Å². The van der Waals surface area contributed by atoms with Gasteiger partial charge in [0.05, 0.1) is 0 Å². The van der Waals surface area contributed by atoms with Gasteiger partial charge in [0.15, 0.2) is 0 Å². The van der Waals surface area contributed by atoms with Crippen LogP contribution in [0.1, 0.15) is 27.2 Å². The van der Waals surface area contributed by atoms with E-state index in [1.54, 1.807) is 5.41 Å². The summed E-state index contributed by atoms with van der Waals surface area (Å²) in [7, 11) is 1.49. The second kappa shape index (κ2) is 6.50. The molecule has 0 heterocycles. The van der Waals surface area contributed by atoms with E-state index in [9.17, 15) is 4.79 Å². The molecule has 0 aliphatic heterocycles. The first kappa shape index (κ1) is 14.0. The number of nitrogens with one attached hydrogen (secondary N) is 1. The number of carbonyl (C=O) groups excluding carboxylic acids is 1. The van der Waals surface area contributed by atoms with Crippen molar-refractivity contribution in [3.05, 3.63) is 12.0 Å². The SMILES string of the molecule is C=CSC(CC(C)(C)C)=NOC(=O)NC. The molecule has 1 N–H and O–H groups in total. The standard InChI is InChI=1S/C10H18N2O2S/c1-6-15-8(7-10(2,3)4)12-14-9(13)11-5/h6H,1,7H2,2-5H3,(H,11,13). The van der Waals surface area contributed by atoms with Crippen LogP contribution in [0.2, 0.25) is 0 Å². The van der Waals surface area contributed by atoms with Crippen LogP contribution in [0.4, 0.5) is 4.79 Å². The maximum Gasteiger partial charge on any atom is 0.433 e. The molecule has 0 aromatic rings. The number of oxime groups is 1. The number of hydrogen-bond donors (Lipinski definition) is 1. The lowest BCUT2D eigenvalue weighted by atomic mass is 9.93. The van der Waals surface area contributed by atoms with E-state index in [-0.39, 0.29) is 5.41 Å². The number of amides is 1. The summed E-state index contributed by atoms with van der Waals surface area (Å²) >= 11 is 1.36. The van der Waals surface area contributed by atoms with Crippen molar-refractivity contribution in [2.45, 2.75) is 27.2 Å². The van der Waals surface area contributed by atoms with Crippen LogP contribution in [0.3, 0.4) is 0 Å². The Morgan fingerprint density at radius 2 is 2.20 bits per heavy atom. The summed E-state index contributed by atoms with van der Waals surface area (Å²) in [6.45, 7) is 9.87. The van der Waals surface area contributed by atoms with E-state index in [1.807, 2.05) is 0 Å². The van der Waals surface area contributed by atoms with E-state index in [0.29, 0.717) is 0 Å². The highest BCUT2D eigenvalue weighted by Gasteiger charge is 2.15. The quantitative estimate of drug-likeness (QED) is 0.351. The molecule has 0 unspecified atom stereocenters. The smallest absolute Gasteiger partial charge is 0.323 e. The molecule has 0 aliphatic rings. The lowest BCUT2D eigenvalue weighted by molar-refractivity contribution is 0.153. The zero-order valence-electron chi connectivity index (χ0n) is 9.66. The lowest BCUT2D eigenvalue weighted by Gasteiger charge is -2.17. The molecule has 15 heavy (non-hydrogen) atoms. The van der Waals surface area contributed by atoms with Crippen molar-refractivity contribution < 1.29 is 9.63 Å². The van der Waals surface area contributed by atoms with E-state index in [2.05, 4.69) is 42.7 Å². The summed E-state index contributed by atoms with van der Waals surface area (Å²) in [5, 5.41) is 8.49. The first-order valence-electron chi connectivity index (χ1n) is 4.62. The molecule has 0 saturated heterocycles. The fraction of sp³-hybridized carbons (Fsp3) is 0.600. The maximum atomic E-state index is 10.8. The Labute approximate surface area is 95.1 Å². The first-order valence-corrected chi connectivity index (χ1v) is 5.50. The third-order valence-corrected chi connectivity index (χ3v) is 1.99. The molecule has 4 nitrogen and oxygen atoms in total. The minimum Gasteiger partial charge on any atom is -0.323 e. The Morgan fingerprint density at radius 3 is 2.60 bits per heavy atom. The van der Waals surface area contributed by atoms with Crippen LogP contribution in [0, 0.1) is 5.41 Å². The molecule has 0 aliphatic carbocycles. The van der Waals surface area contributed by atoms with Gasteiger partial charge in [-0.15, -0.1) is 0 Å². The summed E-state index contributed by atoms with van der Waals surface area (Å²) in [5.41, 5.74) is 0.0981. The molecule has 0 radical (unpaired) electrons. The summed E-state index contributed by atoms with van der Waals surface area (Å²) in [6.07, 6.45) is 0.173. The van der Waals surface area contributed by atoms with Crippen molar-refractivity contribution in [3.63, 3.8) is 0 Å². The average Bonchev–Trinajstić information content (AvgIpc) is 2.11. The van der Waals surface area contributed by atoms with Gasteiger partial charge in [0.1, 0.15) is 5.04 Å². The molecule has 0 aromatic carbocycles. The van der Waals surface area contributed by atoms with Crippen LogP contribution >= 0.6 is 11.8 Å². The van der Waals surface area contributed by atoms with Crippen LogP contribution in [0.5, 0.6) is 0 Å². The zero-order chi connectivity index (χ0) is 11.9. The molecular formula is C10H18N2O2S. The molecule has 0 fully saturated rings. The summed E-state index contributed by atoms with van der Waals surface area (Å²) in [4.78, 5) is 15.4. The molecular weight excluding hydrogens is 212 g/mol. The molecule has 0 saturated carbocycles. The van der Waals surface area contributed by atoms with Crippen LogP contribution in [0.25, 0.3) is 0 Å². The highest BCUT2D eigenvalue weighted by Crippen LogP contribution is 2.24. The number of carbonyl (C=O) groups is 1. The zero-order valence-corrected chi connectivity index (χ0v) is 10.5. The fourth-order valence-corrected chi connectivity index (χ4v) is 1.57. The maximum absolute atomic E-state index is 10.8. The molecule has 1 amide bonds. The third kappa shape index (κ3) is 8.05. The van der Waals surface area contributed by atoms with Gasteiger partial charge in [0.25, 0.3) is 0 Å². The molecule has 0 aromatic heterocycles. The predicted molar refractivity (Wildman–Crippen MR) is 64.8 cm³/mol. The minimum atomic E-state index is -0.564. The predicted octanol–water partition coefficient (Wildman–Crippen LogP) is 2.97. The molecule has 0 spiro atoms. The molecule has 0 bridgehead atoms. The van der Waals surface area contributed by atoms with Crippen LogP contribution in [-0.2, 0) is 4.84 Å². The fourth-order valence-electron chi connectivity index (χ4n) is 0.783. The second-order valence-corrected chi connectivity index (χ2v) is 5.18. The Hall–Kier alpha value is -0.970. The first-order chi connectivity index (χ1) is 6.89. The van der Waals surface area contributed by atoms with Gasteiger partial charge in [-0.05, 0) is 10.8 Å². The third-order valence-electron chi connectivity index (χ3n) is 1.34. The van der Waals surface area contributed by atoms with E-state index in [0.717, 1.165) is 11.5 Å². The second-order valence-electron chi connectivity index (χ2n) is 4.14. The molecule has 5 heteroatoms. The van der Waals surface area contributed by atoms with Crippen LogP contribution in [0.15, 0.2) is 17.1 Å². The van der Waals surface area contributed by atoms with Crippen molar-refractivity contribution in [3.8, 4) is 0 Å². The van der Waals surface area contributed by atoms with Crippen molar-refractivity contribution in [1.82, 2.24) is 5.32 Å². The summed E-state index contributed by atoms with van der Waals surface area (Å²) in [5.74, 6) is 0.